The lowest BCUT2D eigenvalue weighted by atomic mass is 10.0. The van der Waals surface area contributed by atoms with Gasteiger partial charge in [-0.15, -0.1) is 0 Å². The van der Waals surface area contributed by atoms with Gasteiger partial charge in [0.05, 0.1) is 35.6 Å². The normalized spacial score (nSPS) is 20.1. The van der Waals surface area contributed by atoms with E-state index in [1.807, 2.05) is 0 Å². The van der Waals surface area contributed by atoms with Crippen LogP contribution in [0, 0.1) is 5.82 Å². The molecule has 1 fully saturated rings. The summed E-state index contributed by atoms with van der Waals surface area (Å²) in [5.74, 6) is -4.53. The van der Waals surface area contributed by atoms with Crippen LogP contribution < -0.4 is 10.2 Å². The monoisotopic (exact) mass is 559 g/mol. The van der Waals surface area contributed by atoms with Gasteiger partial charge < -0.3 is 15.1 Å². The first-order chi connectivity index (χ1) is 18.3. The molecule has 2 aliphatic rings. The molecule has 2 aliphatic heterocycles. The topological polar surface area (TPSA) is 113 Å². The highest BCUT2D eigenvalue weighted by molar-refractivity contribution is 7.90. The van der Waals surface area contributed by atoms with Gasteiger partial charge in [-0.1, -0.05) is 18.2 Å². The van der Waals surface area contributed by atoms with Crippen molar-refractivity contribution in [3.63, 3.8) is 0 Å². The first-order valence-corrected chi connectivity index (χ1v) is 13.8. The largest absolute Gasteiger partial charge is 0.328 e. The molecule has 1 N–H and O–H groups in total. The molecule has 0 saturated carbocycles. The number of fused-ring (bicyclic) bond motifs is 1. The van der Waals surface area contributed by atoms with E-state index in [0.29, 0.717) is 16.7 Å². The quantitative estimate of drug-likeness (QED) is 0.508. The number of nitrogens with one attached hydrogen (secondary N) is 1. The molecule has 1 aromatic heterocycles. The minimum absolute atomic E-state index is 0.00989. The lowest BCUT2D eigenvalue weighted by Gasteiger charge is -2.25. The van der Waals surface area contributed by atoms with Crippen molar-refractivity contribution in [1.29, 1.82) is 0 Å². The van der Waals surface area contributed by atoms with Gasteiger partial charge in [-0.3, -0.25) is 9.59 Å². The van der Waals surface area contributed by atoms with Crippen LogP contribution in [0.5, 0.6) is 0 Å². The fraction of sp³-hybridized carbons (Fsp3) is 0.308. The molecule has 0 aliphatic carbocycles. The van der Waals surface area contributed by atoms with Gasteiger partial charge in [0, 0.05) is 26.1 Å². The highest BCUT2D eigenvalue weighted by Crippen LogP contribution is 2.43. The lowest BCUT2D eigenvalue weighted by Crippen LogP contribution is -2.35. The zero-order valence-electron chi connectivity index (χ0n) is 20.9. The van der Waals surface area contributed by atoms with Gasteiger partial charge in [0.25, 0.3) is 11.8 Å². The zero-order valence-corrected chi connectivity index (χ0v) is 21.8. The van der Waals surface area contributed by atoms with Crippen molar-refractivity contribution in [2.24, 2.45) is 0 Å². The van der Waals surface area contributed by atoms with E-state index in [-0.39, 0.29) is 29.0 Å². The van der Waals surface area contributed by atoms with Crippen LogP contribution in [0.15, 0.2) is 59.8 Å². The van der Waals surface area contributed by atoms with Crippen molar-refractivity contribution in [3.05, 3.63) is 77.4 Å². The summed E-state index contributed by atoms with van der Waals surface area (Å²) in [6, 6.07) is 7.94. The summed E-state index contributed by atoms with van der Waals surface area (Å²) in [4.78, 5) is 36.6. The molecule has 0 bridgehead atoms. The Kier molecular flexibility index (Phi) is 6.57. The van der Waals surface area contributed by atoms with E-state index in [0.717, 1.165) is 6.26 Å². The van der Waals surface area contributed by atoms with Crippen molar-refractivity contribution < 1.29 is 31.2 Å². The van der Waals surface area contributed by atoms with E-state index in [4.69, 9.17) is 0 Å². The summed E-state index contributed by atoms with van der Waals surface area (Å²) in [6.45, 7) is 0.719. The summed E-state index contributed by atoms with van der Waals surface area (Å²) >= 11 is 0. The van der Waals surface area contributed by atoms with Gasteiger partial charge in [0.2, 0.25) is 11.9 Å². The number of amides is 2. The van der Waals surface area contributed by atoms with Crippen LogP contribution in [0.25, 0.3) is 0 Å². The summed E-state index contributed by atoms with van der Waals surface area (Å²) in [5.41, 5.74) is 1.57. The van der Waals surface area contributed by atoms with Gasteiger partial charge in [0.15, 0.2) is 9.84 Å². The summed E-state index contributed by atoms with van der Waals surface area (Å²) in [5, 5.41) is 2.65. The third-order valence-electron chi connectivity index (χ3n) is 6.81. The molecule has 0 spiro atoms. The molecule has 1 saturated heterocycles. The van der Waals surface area contributed by atoms with Crippen LogP contribution in [0.4, 0.5) is 24.8 Å². The van der Waals surface area contributed by atoms with Crippen LogP contribution >= 0.6 is 0 Å². The number of rotatable bonds is 5. The Balaban J connectivity index is 1.37. The van der Waals surface area contributed by atoms with E-state index in [1.54, 1.807) is 6.07 Å². The zero-order chi connectivity index (χ0) is 28.1. The predicted molar refractivity (Wildman–Crippen MR) is 135 cm³/mol. The van der Waals surface area contributed by atoms with Crippen molar-refractivity contribution in [3.8, 4) is 0 Å². The molecule has 2 atom stereocenters. The van der Waals surface area contributed by atoms with Gasteiger partial charge in [0.1, 0.15) is 11.9 Å². The maximum absolute atomic E-state index is 14.3. The number of hydrogen-bond acceptors (Lipinski definition) is 7. The third kappa shape index (κ3) is 5.31. The summed E-state index contributed by atoms with van der Waals surface area (Å²) in [7, 11) is -3.48. The van der Waals surface area contributed by atoms with Gasteiger partial charge >= 0.3 is 0 Å². The Bertz CT molecular complexity index is 1570. The SMILES string of the molecule is CC(=O)N1Cc2cc(S(C)(=O)=O)ccc2[C@@H]1C(=O)Nc1cnc(N2CC(F)(F)CC2c2cccc(F)c2)nc1. The minimum atomic E-state index is -3.48. The van der Waals surface area contributed by atoms with Crippen LogP contribution in [-0.4, -0.2) is 53.8 Å². The number of anilines is 2. The highest BCUT2D eigenvalue weighted by atomic mass is 32.2. The molecule has 3 heterocycles. The number of aromatic nitrogens is 2. The number of nitrogens with zero attached hydrogens (tertiary/aromatic N) is 4. The Morgan fingerprint density at radius 1 is 1.10 bits per heavy atom. The fourth-order valence-corrected chi connectivity index (χ4v) is 5.69. The predicted octanol–water partition coefficient (Wildman–Crippen LogP) is 3.65. The van der Waals surface area contributed by atoms with Crippen molar-refractivity contribution in [2.75, 3.05) is 23.0 Å². The molecule has 0 radical (unpaired) electrons. The second kappa shape index (κ2) is 9.63. The Morgan fingerprint density at radius 3 is 2.46 bits per heavy atom. The van der Waals surface area contributed by atoms with Crippen LogP contribution in [-0.2, 0) is 26.0 Å². The molecule has 13 heteroatoms. The summed E-state index contributed by atoms with van der Waals surface area (Å²) in [6.07, 6.45) is 3.07. The average Bonchev–Trinajstić information content (AvgIpc) is 3.41. The van der Waals surface area contributed by atoms with E-state index in [2.05, 4.69) is 15.3 Å². The second-order valence-corrected chi connectivity index (χ2v) is 11.7. The van der Waals surface area contributed by atoms with Crippen LogP contribution in [0.1, 0.15) is 42.1 Å². The Hall–Kier alpha value is -4.00. The van der Waals surface area contributed by atoms with Crippen LogP contribution in [0.3, 0.4) is 0 Å². The molecular weight excluding hydrogens is 535 g/mol. The van der Waals surface area contributed by atoms with Crippen molar-refractivity contribution in [1.82, 2.24) is 14.9 Å². The average molecular weight is 560 g/mol. The lowest BCUT2D eigenvalue weighted by molar-refractivity contribution is -0.136. The number of carbonyl (C=O) groups excluding carboxylic acids is 2. The maximum Gasteiger partial charge on any atom is 0.267 e. The molecule has 204 valence electrons. The molecule has 2 aromatic carbocycles. The third-order valence-corrected chi connectivity index (χ3v) is 7.92. The summed E-state index contributed by atoms with van der Waals surface area (Å²) < 4.78 is 66.3. The fourth-order valence-electron chi connectivity index (χ4n) is 5.02. The molecule has 5 rings (SSSR count). The van der Waals surface area contributed by atoms with E-state index < -0.39 is 52.5 Å². The maximum atomic E-state index is 14.3. The minimum Gasteiger partial charge on any atom is -0.328 e. The van der Waals surface area contributed by atoms with Crippen molar-refractivity contribution >= 4 is 33.3 Å². The van der Waals surface area contributed by atoms with Gasteiger partial charge in [-0.05, 0) is 41.0 Å². The number of carbonyl (C=O) groups is 2. The van der Waals surface area contributed by atoms with E-state index in [9.17, 15) is 31.2 Å². The first-order valence-electron chi connectivity index (χ1n) is 12.0. The van der Waals surface area contributed by atoms with Gasteiger partial charge in [-0.2, -0.15) is 0 Å². The highest BCUT2D eigenvalue weighted by Gasteiger charge is 2.46. The molecule has 2 amide bonds. The van der Waals surface area contributed by atoms with E-state index in [1.165, 1.54) is 65.5 Å². The molecular formula is C26H24F3N5O4S. The van der Waals surface area contributed by atoms with Crippen LogP contribution in [0.2, 0.25) is 0 Å². The molecule has 1 unspecified atom stereocenters. The number of benzene rings is 2. The smallest absolute Gasteiger partial charge is 0.267 e. The van der Waals surface area contributed by atoms with Gasteiger partial charge in [-0.25, -0.2) is 31.6 Å². The second-order valence-electron chi connectivity index (χ2n) is 9.70. The first kappa shape index (κ1) is 26.6. The number of alkyl halides is 2. The standard InChI is InChI=1S/C26H24F3N5O4S/c1-15(35)33-13-17-9-20(39(2,37)38)6-7-21(17)23(33)24(36)32-19-11-30-25(31-12-19)34-14-26(28,29)10-22(34)16-4-3-5-18(27)8-16/h3-9,11-12,22-23H,10,13-14H2,1-2H3,(H,32,36)/t22?,23-/m1/s1. The van der Waals surface area contributed by atoms with E-state index >= 15 is 0 Å². The molecule has 3 aromatic rings. The van der Waals surface area contributed by atoms with Crippen molar-refractivity contribution in [2.45, 2.75) is 42.8 Å². The number of halogens is 3. The Labute approximate surface area is 222 Å². The number of hydrogen-bond donors (Lipinski definition) is 1. The molecule has 39 heavy (non-hydrogen) atoms. The number of sulfone groups is 1. The molecule has 9 nitrogen and oxygen atoms in total. The Morgan fingerprint density at radius 2 is 1.82 bits per heavy atom.